The van der Waals surface area contributed by atoms with Crippen molar-refractivity contribution in [3.63, 3.8) is 0 Å². The molecule has 0 saturated carbocycles. The summed E-state index contributed by atoms with van der Waals surface area (Å²) in [5.41, 5.74) is 0.804. The number of benzene rings is 1. The van der Waals surface area contributed by atoms with E-state index < -0.39 is 9.84 Å². The van der Waals surface area contributed by atoms with Gasteiger partial charge in [-0.1, -0.05) is 25.9 Å². The molecule has 0 radical (unpaired) electrons. The predicted octanol–water partition coefficient (Wildman–Crippen LogP) is 2.67. The van der Waals surface area contributed by atoms with Crippen LogP contribution in [0.4, 0.5) is 5.69 Å². The summed E-state index contributed by atoms with van der Waals surface area (Å²) in [6, 6.07) is 6.65. The van der Waals surface area contributed by atoms with Crippen LogP contribution >= 0.6 is 0 Å². The predicted molar refractivity (Wildman–Crippen MR) is 84.3 cm³/mol. The highest BCUT2D eigenvalue weighted by molar-refractivity contribution is 7.91. The van der Waals surface area contributed by atoms with E-state index in [-0.39, 0.29) is 5.75 Å². The van der Waals surface area contributed by atoms with Gasteiger partial charge in [0.25, 0.3) is 0 Å². The Morgan fingerprint density at radius 1 is 1.23 bits per heavy atom. The monoisotopic (exact) mass is 323 g/mol. The van der Waals surface area contributed by atoms with Gasteiger partial charge in [0.2, 0.25) is 5.89 Å². The van der Waals surface area contributed by atoms with Crippen LogP contribution in [0.25, 0.3) is 0 Å². The Bertz CT molecular complexity index is 706. The molecule has 1 heterocycles. The van der Waals surface area contributed by atoms with Crippen LogP contribution in [0.5, 0.6) is 0 Å². The van der Waals surface area contributed by atoms with Crippen LogP contribution in [0.1, 0.15) is 32.5 Å². The first kappa shape index (κ1) is 16.5. The summed E-state index contributed by atoms with van der Waals surface area (Å²) in [7, 11) is -3.16. The van der Waals surface area contributed by atoms with E-state index in [2.05, 4.69) is 29.3 Å². The maximum atomic E-state index is 11.7. The van der Waals surface area contributed by atoms with Crippen molar-refractivity contribution in [2.45, 2.75) is 38.6 Å². The molecule has 120 valence electrons. The topological polar surface area (TPSA) is 85.1 Å². The minimum Gasteiger partial charge on any atom is -0.376 e. The van der Waals surface area contributed by atoms with Crippen LogP contribution in [0.15, 0.2) is 33.7 Å². The SMILES string of the molecule is CCS(=O)(=O)c1ccc(NCc2nc(CC(C)C)no2)cc1. The number of nitrogens with one attached hydrogen (secondary N) is 1. The smallest absolute Gasteiger partial charge is 0.245 e. The first-order chi connectivity index (χ1) is 10.4. The lowest BCUT2D eigenvalue weighted by atomic mass is 10.1. The average molecular weight is 323 g/mol. The van der Waals surface area contributed by atoms with Gasteiger partial charge in [0, 0.05) is 12.1 Å². The fourth-order valence-electron chi connectivity index (χ4n) is 1.93. The summed E-state index contributed by atoms with van der Waals surface area (Å²) < 4.78 is 28.6. The van der Waals surface area contributed by atoms with Crippen LogP contribution in [0.2, 0.25) is 0 Å². The number of nitrogens with zero attached hydrogens (tertiary/aromatic N) is 2. The standard InChI is InChI=1S/C15H21N3O3S/c1-4-22(19,20)13-7-5-12(6-8-13)16-10-15-17-14(18-21-15)9-11(2)3/h5-8,11,16H,4,9-10H2,1-3H3. The Kier molecular flexibility index (Phi) is 5.18. The van der Waals surface area contributed by atoms with Crippen LogP contribution in [-0.2, 0) is 22.8 Å². The molecular formula is C15H21N3O3S. The van der Waals surface area contributed by atoms with Gasteiger partial charge in [0.1, 0.15) is 0 Å². The summed E-state index contributed by atoms with van der Waals surface area (Å²) >= 11 is 0. The second-order valence-electron chi connectivity index (χ2n) is 5.48. The minimum absolute atomic E-state index is 0.0976. The highest BCUT2D eigenvalue weighted by Crippen LogP contribution is 2.16. The van der Waals surface area contributed by atoms with Gasteiger partial charge in [-0.2, -0.15) is 4.98 Å². The average Bonchev–Trinajstić information content (AvgIpc) is 2.92. The maximum Gasteiger partial charge on any atom is 0.245 e. The van der Waals surface area contributed by atoms with Crippen LogP contribution in [0, 0.1) is 5.92 Å². The van der Waals surface area contributed by atoms with Crippen molar-refractivity contribution in [2.75, 3.05) is 11.1 Å². The van der Waals surface area contributed by atoms with Gasteiger partial charge >= 0.3 is 0 Å². The van der Waals surface area contributed by atoms with Crippen molar-refractivity contribution in [3.05, 3.63) is 36.0 Å². The molecule has 0 spiro atoms. The molecule has 0 atom stereocenters. The van der Waals surface area contributed by atoms with Gasteiger partial charge < -0.3 is 9.84 Å². The number of anilines is 1. The zero-order valence-electron chi connectivity index (χ0n) is 13.0. The molecule has 2 aromatic rings. The Balaban J connectivity index is 1.96. The lowest BCUT2D eigenvalue weighted by Crippen LogP contribution is -2.04. The van der Waals surface area contributed by atoms with E-state index in [1.54, 1.807) is 31.2 Å². The van der Waals surface area contributed by atoms with E-state index in [1.165, 1.54) is 0 Å². The first-order valence-electron chi connectivity index (χ1n) is 7.29. The number of hydrogen-bond donors (Lipinski definition) is 1. The van der Waals surface area contributed by atoms with E-state index >= 15 is 0 Å². The zero-order valence-corrected chi connectivity index (χ0v) is 13.9. The van der Waals surface area contributed by atoms with Crippen LogP contribution < -0.4 is 5.32 Å². The van der Waals surface area contributed by atoms with Gasteiger partial charge in [-0.3, -0.25) is 0 Å². The number of rotatable bonds is 7. The zero-order chi connectivity index (χ0) is 16.2. The molecule has 22 heavy (non-hydrogen) atoms. The van der Waals surface area contributed by atoms with E-state index in [4.69, 9.17) is 4.52 Å². The molecule has 0 fully saturated rings. The third-order valence-electron chi connectivity index (χ3n) is 3.14. The fraction of sp³-hybridized carbons (Fsp3) is 0.467. The third kappa shape index (κ3) is 4.30. The molecule has 0 aliphatic carbocycles. The van der Waals surface area contributed by atoms with Crippen molar-refractivity contribution < 1.29 is 12.9 Å². The van der Waals surface area contributed by atoms with Crippen molar-refractivity contribution >= 4 is 15.5 Å². The molecule has 1 aromatic carbocycles. The van der Waals surface area contributed by atoms with Gasteiger partial charge in [0.15, 0.2) is 15.7 Å². The molecule has 7 heteroatoms. The summed E-state index contributed by atoms with van der Waals surface area (Å²) in [6.45, 7) is 6.23. The molecule has 1 aromatic heterocycles. The van der Waals surface area contributed by atoms with Crippen molar-refractivity contribution in [1.82, 2.24) is 10.1 Å². The summed E-state index contributed by atoms with van der Waals surface area (Å²) in [5.74, 6) is 1.80. The Morgan fingerprint density at radius 3 is 2.50 bits per heavy atom. The van der Waals surface area contributed by atoms with E-state index in [1.807, 2.05) is 0 Å². The summed E-state index contributed by atoms with van der Waals surface area (Å²) in [4.78, 5) is 4.63. The highest BCUT2D eigenvalue weighted by atomic mass is 32.2. The molecular weight excluding hydrogens is 302 g/mol. The van der Waals surface area contributed by atoms with Crippen molar-refractivity contribution in [3.8, 4) is 0 Å². The number of hydrogen-bond acceptors (Lipinski definition) is 6. The van der Waals surface area contributed by atoms with E-state index in [0.29, 0.717) is 29.1 Å². The molecule has 1 N–H and O–H groups in total. The quantitative estimate of drug-likeness (QED) is 0.843. The summed E-state index contributed by atoms with van der Waals surface area (Å²) in [5, 5.41) is 7.05. The molecule has 0 aliphatic heterocycles. The Morgan fingerprint density at radius 2 is 1.91 bits per heavy atom. The Hall–Kier alpha value is -1.89. The fourth-order valence-corrected chi connectivity index (χ4v) is 2.82. The van der Waals surface area contributed by atoms with Gasteiger partial charge in [0.05, 0.1) is 17.2 Å². The normalized spacial score (nSPS) is 11.8. The Labute approximate surface area is 130 Å². The highest BCUT2D eigenvalue weighted by Gasteiger charge is 2.11. The maximum absolute atomic E-state index is 11.7. The lowest BCUT2D eigenvalue weighted by molar-refractivity contribution is 0.375. The molecule has 0 bridgehead atoms. The van der Waals surface area contributed by atoms with Crippen LogP contribution in [0.3, 0.4) is 0 Å². The van der Waals surface area contributed by atoms with Gasteiger partial charge in [-0.15, -0.1) is 0 Å². The third-order valence-corrected chi connectivity index (χ3v) is 4.89. The van der Waals surface area contributed by atoms with E-state index in [9.17, 15) is 8.42 Å². The molecule has 0 aliphatic rings. The van der Waals surface area contributed by atoms with Crippen molar-refractivity contribution in [1.29, 1.82) is 0 Å². The molecule has 0 amide bonds. The van der Waals surface area contributed by atoms with E-state index in [0.717, 1.165) is 12.1 Å². The van der Waals surface area contributed by atoms with Gasteiger partial charge in [-0.25, -0.2) is 8.42 Å². The molecule has 6 nitrogen and oxygen atoms in total. The lowest BCUT2D eigenvalue weighted by Gasteiger charge is -2.05. The number of sulfone groups is 1. The van der Waals surface area contributed by atoms with Gasteiger partial charge in [-0.05, 0) is 30.2 Å². The molecule has 0 saturated heterocycles. The van der Waals surface area contributed by atoms with Crippen LogP contribution in [-0.4, -0.2) is 24.3 Å². The number of aromatic nitrogens is 2. The minimum atomic E-state index is -3.16. The second kappa shape index (κ2) is 6.91. The molecule has 0 unspecified atom stereocenters. The first-order valence-corrected chi connectivity index (χ1v) is 8.94. The second-order valence-corrected chi connectivity index (χ2v) is 7.76. The van der Waals surface area contributed by atoms with Crippen molar-refractivity contribution in [2.24, 2.45) is 5.92 Å². The molecule has 2 rings (SSSR count). The largest absolute Gasteiger partial charge is 0.376 e. The summed E-state index contributed by atoms with van der Waals surface area (Å²) in [6.07, 6.45) is 0.785.